The number of anilines is 2. The molecule has 20 heavy (non-hydrogen) atoms. The summed E-state index contributed by atoms with van der Waals surface area (Å²) in [6.07, 6.45) is -4.41. The van der Waals surface area contributed by atoms with Crippen LogP contribution in [-0.4, -0.2) is 0 Å². The number of para-hydroxylation sites is 1. The summed E-state index contributed by atoms with van der Waals surface area (Å²) in [6.45, 7) is 0. The van der Waals surface area contributed by atoms with Gasteiger partial charge in [0.2, 0.25) is 0 Å². The number of nitrogens with one attached hydrogen (secondary N) is 1. The molecule has 0 atom stereocenters. The summed E-state index contributed by atoms with van der Waals surface area (Å²) >= 11 is 11.7. The minimum absolute atomic E-state index is 0.194. The predicted molar refractivity (Wildman–Crippen MR) is 75.7 cm³/mol. The lowest BCUT2D eigenvalue weighted by Gasteiger charge is -2.14. The summed E-state index contributed by atoms with van der Waals surface area (Å²) in [5.41, 5.74) is 0.846. The molecule has 1 N–H and O–H groups in total. The van der Waals surface area contributed by atoms with Crippen LogP contribution in [0.25, 0.3) is 0 Å². The Bertz CT molecular complexity index is 612. The van der Waals surface area contributed by atoms with Crippen LogP contribution < -0.4 is 5.32 Å². The number of rotatable bonds is 3. The molecule has 0 bridgehead atoms. The van der Waals surface area contributed by atoms with Crippen molar-refractivity contribution >= 4 is 34.6 Å². The van der Waals surface area contributed by atoms with Gasteiger partial charge in [0.1, 0.15) is 0 Å². The molecule has 2 rings (SSSR count). The molecular formula is C14H10Cl2F3N. The molecule has 2 aromatic carbocycles. The van der Waals surface area contributed by atoms with E-state index in [0.29, 0.717) is 5.69 Å². The topological polar surface area (TPSA) is 12.0 Å². The number of hydrogen-bond donors (Lipinski definition) is 1. The van der Waals surface area contributed by atoms with Crippen molar-refractivity contribution in [3.05, 3.63) is 58.6 Å². The fourth-order valence-corrected chi connectivity index (χ4v) is 2.10. The van der Waals surface area contributed by atoms with Gasteiger partial charge in [-0.25, -0.2) is 0 Å². The molecule has 0 heterocycles. The van der Waals surface area contributed by atoms with E-state index < -0.39 is 11.7 Å². The lowest BCUT2D eigenvalue weighted by atomic mass is 10.1. The Balaban J connectivity index is 2.38. The zero-order valence-corrected chi connectivity index (χ0v) is 11.7. The molecule has 0 aliphatic carbocycles. The fourth-order valence-electron chi connectivity index (χ4n) is 1.70. The molecule has 0 aliphatic heterocycles. The van der Waals surface area contributed by atoms with E-state index in [1.807, 2.05) is 0 Å². The smallest absolute Gasteiger partial charge is 0.354 e. The first-order valence-electron chi connectivity index (χ1n) is 5.69. The first-order chi connectivity index (χ1) is 9.41. The molecule has 0 amide bonds. The average Bonchev–Trinajstić information content (AvgIpc) is 2.40. The van der Waals surface area contributed by atoms with Gasteiger partial charge in [-0.15, -0.1) is 11.6 Å². The Labute approximate surface area is 124 Å². The third kappa shape index (κ3) is 3.38. The normalized spacial score (nSPS) is 11.4. The molecule has 0 saturated carbocycles. The summed E-state index contributed by atoms with van der Waals surface area (Å²) in [7, 11) is 0. The highest BCUT2D eigenvalue weighted by molar-refractivity contribution is 6.33. The summed E-state index contributed by atoms with van der Waals surface area (Å²) in [5.74, 6) is 0.250. The summed E-state index contributed by atoms with van der Waals surface area (Å²) in [4.78, 5) is 0. The van der Waals surface area contributed by atoms with Crippen molar-refractivity contribution in [1.29, 1.82) is 0 Å². The highest BCUT2D eigenvalue weighted by Crippen LogP contribution is 2.35. The van der Waals surface area contributed by atoms with E-state index in [0.717, 1.165) is 17.7 Å². The first-order valence-corrected chi connectivity index (χ1v) is 6.60. The van der Waals surface area contributed by atoms with Crippen LogP contribution >= 0.6 is 23.2 Å². The highest BCUT2D eigenvalue weighted by atomic mass is 35.5. The Morgan fingerprint density at radius 3 is 2.35 bits per heavy atom. The maximum Gasteiger partial charge on any atom is 0.416 e. The molecule has 0 fully saturated rings. The second-order valence-electron chi connectivity index (χ2n) is 4.11. The van der Waals surface area contributed by atoms with E-state index in [1.165, 1.54) is 6.07 Å². The minimum atomic E-state index is -4.41. The van der Waals surface area contributed by atoms with Gasteiger partial charge >= 0.3 is 6.18 Å². The number of hydrogen-bond acceptors (Lipinski definition) is 1. The van der Waals surface area contributed by atoms with Crippen LogP contribution in [0.4, 0.5) is 24.5 Å². The SMILES string of the molecule is FC(F)(F)c1ccc(Cl)c(Nc2ccccc2CCl)c1. The van der Waals surface area contributed by atoms with E-state index in [1.54, 1.807) is 24.3 Å². The molecule has 0 radical (unpaired) electrons. The molecule has 106 valence electrons. The summed E-state index contributed by atoms with van der Waals surface area (Å²) in [5, 5.41) is 3.10. The lowest BCUT2D eigenvalue weighted by molar-refractivity contribution is -0.137. The van der Waals surface area contributed by atoms with Gasteiger partial charge in [0.15, 0.2) is 0 Å². The largest absolute Gasteiger partial charge is 0.416 e. The van der Waals surface area contributed by atoms with Gasteiger partial charge in [-0.2, -0.15) is 13.2 Å². The second-order valence-corrected chi connectivity index (χ2v) is 4.78. The molecule has 0 aliphatic rings. The highest BCUT2D eigenvalue weighted by Gasteiger charge is 2.31. The summed E-state index contributed by atoms with van der Waals surface area (Å²) in [6, 6.07) is 10.2. The minimum Gasteiger partial charge on any atom is -0.354 e. The van der Waals surface area contributed by atoms with Gasteiger partial charge < -0.3 is 5.32 Å². The molecule has 1 nitrogen and oxygen atoms in total. The quantitative estimate of drug-likeness (QED) is 0.700. The van der Waals surface area contributed by atoms with E-state index in [2.05, 4.69) is 5.32 Å². The number of alkyl halides is 4. The lowest BCUT2D eigenvalue weighted by Crippen LogP contribution is -2.05. The van der Waals surface area contributed by atoms with Gasteiger partial charge in [0.05, 0.1) is 16.3 Å². The van der Waals surface area contributed by atoms with Crippen molar-refractivity contribution in [2.75, 3.05) is 5.32 Å². The maximum absolute atomic E-state index is 12.7. The van der Waals surface area contributed by atoms with Crippen LogP contribution in [0, 0.1) is 0 Å². The van der Waals surface area contributed by atoms with Crippen LogP contribution in [0.2, 0.25) is 5.02 Å². The molecule has 0 unspecified atom stereocenters. The van der Waals surface area contributed by atoms with Crippen LogP contribution in [0.3, 0.4) is 0 Å². The molecule has 0 spiro atoms. The van der Waals surface area contributed by atoms with Crippen LogP contribution in [0.15, 0.2) is 42.5 Å². The van der Waals surface area contributed by atoms with Gasteiger partial charge in [-0.05, 0) is 29.8 Å². The Kier molecular flexibility index (Phi) is 4.45. The van der Waals surface area contributed by atoms with E-state index in [4.69, 9.17) is 23.2 Å². The Morgan fingerprint density at radius 2 is 1.70 bits per heavy atom. The summed E-state index contributed by atoms with van der Waals surface area (Å²) < 4.78 is 38.1. The van der Waals surface area contributed by atoms with Crippen molar-refractivity contribution < 1.29 is 13.2 Å². The van der Waals surface area contributed by atoms with Crippen molar-refractivity contribution in [1.82, 2.24) is 0 Å². The van der Waals surface area contributed by atoms with E-state index in [9.17, 15) is 13.2 Å². The third-order valence-electron chi connectivity index (χ3n) is 2.72. The molecule has 2 aromatic rings. The Hall–Kier alpha value is -1.39. The van der Waals surface area contributed by atoms with Gasteiger partial charge in [-0.3, -0.25) is 0 Å². The average molecular weight is 320 g/mol. The number of benzene rings is 2. The molecular weight excluding hydrogens is 310 g/mol. The third-order valence-corrected chi connectivity index (χ3v) is 3.34. The van der Waals surface area contributed by atoms with Gasteiger partial charge in [0.25, 0.3) is 0 Å². The first kappa shape index (κ1) is 15.0. The molecule has 0 aromatic heterocycles. The monoisotopic (exact) mass is 319 g/mol. The van der Waals surface area contributed by atoms with Crippen molar-refractivity contribution in [2.45, 2.75) is 12.1 Å². The second kappa shape index (κ2) is 5.94. The van der Waals surface area contributed by atoms with E-state index in [-0.39, 0.29) is 16.6 Å². The molecule has 0 saturated heterocycles. The Morgan fingerprint density at radius 1 is 1.00 bits per heavy atom. The van der Waals surface area contributed by atoms with Crippen LogP contribution in [0.5, 0.6) is 0 Å². The standard InChI is InChI=1S/C14H10Cl2F3N/c15-8-9-3-1-2-4-12(9)20-13-7-10(14(17,18)19)5-6-11(13)16/h1-7,20H,8H2. The van der Waals surface area contributed by atoms with Crippen molar-refractivity contribution in [2.24, 2.45) is 0 Å². The zero-order valence-electron chi connectivity index (χ0n) is 10.1. The molecule has 6 heteroatoms. The number of halogens is 5. The van der Waals surface area contributed by atoms with Crippen LogP contribution in [0.1, 0.15) is 11.1 Å². The van der Waals surface area contributed by atoms with Gasteiger partial charge in [-0.1, -0.05) is 29.8 Å². The van der Waals surface area contributed by atoms with Crippen molar-refractivity contribution in [3.8, 4) is 0 Å². The van der Waals surface area contributed by atoms with Crippen molar-refractivity contribution in [3.63, 3.8) is 0 Å². The fraction of sp³-hybridized carbons (Fsp3) is 0.143. The maximum atomic E-state index is 12.7. The predicted octanol–water partition coefficient (Wildman–Crippen LogP) is 5.84. The van der Waals surface area contributed by atoms with Gasteiger partial charge in [0, 0.05) is 11.6 Å². The van der Waals surface area contributed by atoms with E-state index >= 15 is 0 Å². The zero-order chi connectivity index (χ0) is 14.8. The van der Waals surface area contributed by atoms with Crippen LogP contribution in [-0.2, 0) is 12.1 Å².